The van der Waals surface area contributed by atoms with Crippen molar-refractivity contribution in [2.75, 3.05) is 13.2 Å². The number of unbranched alkanes of at least 4 members (excludes halogenated alkanes) is 30. The van der Waals surface area contributed by atoms with Gasteiger partial charge in [-0.05, 0) is 50.9 Å². The normalized spacial score (nSPS) is 12.1. The molecule has 0 rings (SSSR count). The molecule has 1 unspecified atom stereocenters. The quantitative estimate of drug-likeness (QED) is 0.0515. The number of rotatable bonds is 38. The molecule has 0 saturated heterocycles. The summed E-state index contributed by atoms with van der Waals surface area (Å²) >= 11 is 0. The second-order valence-corrected chi connectivity index (χ2v) is 14.7. The first-order valence-corrected chi connectivity index (χ1v) is 21.6. The minimum absolute atomic E-state index is 0.362. The summed E-state index contributed by atoms with van der Waals surface area (Å²) in [6, 6.07) is 0. The maximum atomic E-state index is 9.61. The van der Waals surface area contributed by atoms with Gasteiger partial charge in [-0.25, -0.2) is 0 Å². The fourth-order valence-electron chi connectivity index (χ4n) is 6.53. The van der Waals surface area contributed by atoms with Gasteiger partial charge in [0.1, 0.15) is 0 Å². The van der Waals surface area contributed by atoms with E-state index < -0.39 is 0 Å². The lowest BCUT2D eigenvalue weighted by Crippen LogP contribution is -2.06. The Morgan fingerprint density at radius 2 is 0.587 bits per heavy atom. The second kappa shape index (κ2) is 46.8. The molecule has 1 atom stereocenters. The summed E-state index contributed by atoms with van der Waals surface area (Å²) < 4.78 is 0. The van der Waals surface area contributed by atoms with Gasteiger partial charge in [-0.2, -0.15) is 0 Å². The van der Waals surface area contributed by atoms with Crippen LogP contribution < -0.4 is 0 Å². The van der Waals surface area contributed by atoms with Gasteiger partial charge < -0.3 is 10.2 Å². The summed E-state index contributed by atoms with van der Waals surface area (Å²) in [5.41, 5.74) is 0. The molecule has 0 bridgehead atoms. The third-order valence-corrected chi connectivity index (χ3v) is 9.86. The van der Waals surface area contributed by atoms with E-state index in [1.165, 1.54) is 225 Å². The number of hydrogen-bond acceptors (Lipinski definition) is 2. The number of aliphatic hydroxyl groups excluding tert-OH is 2. The lowest BCUT2D eigenvalue weighted by atomic mass is 9.94. The van der Waals surface area contributed by atoms with Gasteiger partial charge in [-0.15, -0.1) is 0 Å². The van der Waals surface area contributed by atoms with E-state index in [1.54, 1.807) is 0 Å². The Hall–Kier alpha value is -0.340. The molecule has 0 heterocycles. The van der Waals surface area contributed by atoms with E-state index in [4.69, 9.17) is 5.11 Å². The maximum absolute atomic E-state index is 9.61. The molecule has 0 saturated carbocycles. The fourth-order valence-corrected chi connectivity index (χ4v) is 6.53. The first-order valence-electron chi connectivity index (χ1n) is 21.6. The van der Waals surface area contributed by atoms with Crippen molar-refractivity contribution in [3.63, 3.8) is 0 Å². The summed E-state index contributed by atoms with van der Waals surface area (Å²) in [6.07, 6.45) is 53.9. The summed E-state index contributed by atoms with van der Waals surface area (Å²) in [5.74, 6) is 0.577. The van der Waals surface area contributed by atoms with E-state index >= 15 is 0 Å². The molecule has 278 valence electrons. The average Bonchev–Trinajstić information content (AvgIpc) is 3.07. The zero-order chi connectivity index (χ0) is 33.9. The molecule has 0 aliphatic heterocycles. The predicted octanol–water partition coefficient (Wildman–Crippen LogP) is 15.2. The van der Waals surface area contributed by atoms with Crippen LogP contribution >= 0.6 is 0 Å². The molecule has 0 aromatic heterocycles. The van der Waals surface area contributed by atoms with Crippen LogP contribution in [0.4, 0.5) is 0 Å². The van der Waals surface area contributed by atoms with Crippen LogP contribution in [0.1, 0.15) is 252 Å². The molecule has 2 heteroatoms. The minimum Gasteiger partial charge on any atom is -0.396 e. The van der Waals surface area contributed by atoms with Crippen LogP contribution in [0.3, 0.4) is 0 Å². The Kier molecular flexibility index (Phi) is 48.6. The van der Waals surface area contributed by atoms with Gasteiger partial charge in [0.05, 0.1) is 0 Å². The lowest BCUT2D eigenvalue weighted by Gasteiger charge is -2.13. The zero-order valence-corrected chi connectivity index (χ0v) is 32.5. The highest BCUT2D eigenvalue weighted by atomic mass is 16.3. The van der Waals surface area contributed by atoms with E-state index in [2.05, 4.69) is 32.9 Å². The van der Waals surface area contributed by atoms with E-state index in [-0.39, 0.29) is 0 Å². The fraction of sp³-hybridized carbons (Fsp3) is 0.955. The highest BCUT2D eigenvalue weighted by molar-refractivity contribution is 4.81. The zero-order valence-electron chi connectivity index (χ0n) is 32.5. The summed E-state index contributed by atoms with van der Waals surface area (Å²) in [7, 11) is 0. The van der Waals surface area contributed by atoms with Crippen LogP contribution in [0.25, 0.3) is 0 Å². The van der Waals surface area contributed by atoms with Crippen molar-refractivity contribution in [3.8, 4) is 0 Å². The summed E-state index contributed by atoms with van der Waals surface area (Å²) in [6.45, 7) is 7.62. The smallest absolute Gasteiger partial charge is 0.0459 e. The number of aliphatic hydroxyl groups is 2. The topological polar surface area (TPSA) is 40.5 Å². The molecule has 0 amide bonds. The van der Waals surface area contributed by atoms with Crippen molar-refractivity contribution in [1.29, 1.82) is 0 Å². The molecule has 0 radical (unpaired) electrons. The molecule has 0 aliphatic carbocycles. The van der Waals surface area contributed by atoms with Crippen LogP contribution in [0.5, 0.6) is 0 Å². The van der Waals surface area contributed by atoms with Crippen molar-refractivity contribution in [2.45, 2.75) is 252 Å². The standard InChI is InChI=1S/C26H54O.C18H36O/c1-3-5-7-9-11-13-14-16-18-20-22-24-26(25-27)23-21-19-17-15-12-10-8-6-4-2;1-2-3-4-5-6-7-8-9-10-11-12-13-14-15-16-17-18-19/h26-27H,3-25H2,1-2H3;9-10,19H,2-8,11-18H2,1H3/b;10-9-. The predicted molar refractivity (Wildman–Crippen MR) is 210 cm³/mol. The molecule has 0 aliphatic rings. The Bertz CT molecular complexity index is 516. The minimum atomic E-state index is 0.362. The number of hydrogen-bond donors (Lipinski definition) is 2. The van der Waals surface area contributed by atoms with Crippen LogP contribution in [0.15, 0.2) is 12.2 Å². The third-order valence-electron chi connectivity index (χ3n) is 9.86. The van der Waals surface area contributed by atoms with Crippen LogP contribution in [0.2, 0.25) is 0 Å². The van der Waals surface area contributed by atoms with Gasteiger partial charge in [-0.1, -0.05) is 219 Å². The molecule has 0 spiro atoms. The van der Waals surface area contributed by atoms with Gasteiger partial charge in [0, 0.05) is 13.2 Å². The van der Waals surface area contributed by atoms with Crippen molar-refractivity contribution < 1.29 is 10.2 Å². The van der Waals surface area contributed by atoms with Crippen molar-refractivity contribution >= 4 is 0 Å². The SMILES string of the molecule is CCCCCCCC/C=C\CCCCCCCCO.CCCCCCCCCCCCCC(CO)CCCCCCCCCCC. The lowest BCUT2D eigenvalue weighted by molar-refractivity contribution is 0.204. The van der Waals surface area contributed by atoms with Gasteiger partial charge in [0.15, 0.2) is 0 Å². The van der Waals surface area contributed by atoms with E-state index in [9.17, 15) is 5.11 Å². The van der Waals surface area contributed by atoms with Gasteiger partial charge in [0.25, 0.3) is 0 Å². The van der Waals surface area contributed by atoms with Crippen molar-refractivity contribution in [3.05, 3.63) is 12.2 Å². The molecular formula is C44H90O2. The van der Waals surface area contributed by atoms with Crippen LogP contribution in [-0.2, 0) is 0 Å². The molecule has 46 heavy (non-hydrogen) atoms. The second-order valence-electron chi connectivity index (χ2n) is 14.7. The van der Waals surface area contributed by atoms with Crippen molar-refractivity contribution in [2.24, 2.45) is 5.92 Å². The summed E-state index contributed by atoms with van der Waals surface area (Å²) in [4.78, 5) is 0. The Balaban J connectivity index is 0. The third kappa shape index (κ3) is 45.8. The molecule has 0 aromatic carbocycles. The van der Waals surface area contributed by atoms with Crippen molar-refractivity contribution in [1.82, 2.24) is 0 Å². The van der Waals surface area contributed by atoms with Crippen LogP contribution in [0, 0.1) is 5.92 Å². The average molecular weight is 651 g/mol. The molecule has 2 N–H and O–H groups in total. The highest BCUT2D eigenvalue weighted by Crippen LogP contribution is 2.19. The van der Waals surface area contributed by atoms with E-state index in [0.29, 0.717) is 19.1 Å². The monoisotopic (exact) mass is 651 g/mol. The molecule has 0 fully saturated rings. The largest absolute Gasteiger partial charge is 0.396 e. The van der Waals surface area contributed by atoms with Gasteiger partial charge >= 0.3 is 0 Å². The molecular weight excluding hydrogens is 560 g/mol. The Morgan fingerprint density at radius 1 is 0.326 bits per heavy atom. The van der Waals surface area contributed by atoms with Crippen LogP contribution in [-0.4, -0.2) is 23.4 Å². The Morgan fingerprint density at radius 3 is 0.870 bits per heavy atom. The van der Waals surface area contributed by atoms with Gasteiger partial charge in [-0.3, -0.25) is 0 Å². The van der Waals surface area contributed by atoms with Gasteiger partial charge in [0.2, 0.25) is 0 Å². The summed E-state index contributed by atoms with van der Waals surface area (Å²) in [5, 5.41) is 18.3. The van der Waals surface area contributed by atoms with E-state index in [0.717, 1.165) is 6.42 Å². The highest BCUT2D eigenvalue weighted by Gasteiger charge is 2.07. The Labute approximate surface area is 292 Å². The first kappa shape index (κ1) is 47.8. The molecule has 2 nitrogen and oxygen atoms in total. The van der Waals surface area contributed by atoms with E-state index in [1.807, 2.05) is 0 Å². The number of allylic oxidation sites excluding steroid dienone is 2. The first-order chi connectivity index (χ1) is 22.8. The molecule has 0 aromatic rings. The maximum Gasteiger partial charge on any atom is 0.0459 e.